The lowest BCUT2D eigenvalue weighted by atomic mass is 9.89. The summed E-state index contributed by atoms with van der Waals surface area (Å²) in [6, 6.07) is 10.3. The zero-order valence-corrected chi connectivity index (χ0v) is 16.1. The molecule has 4 nitrogen and oxygen atoms in total. The second kappa shape index (κ2) is 6.09. The Hall–Kier alpha value is -2.82. The third-order valence-electron chi connectivity index (χ3n) is 6.35. The fourth-order valence-corrected chi connectivity index (χ4v) is 4.61. The van der Waals surface area contributed by atoms with Crippen molar-refractivity contribution >= 4 is 22.6 Å². The molecule has 1 aliphatic heterocycles. The summed E-state index contributed by atoms with van der Waals surface area (Å²) in [5.41, 5.74) is 4.69. The van der Waals surface area contributed by atoms with Gasteiger partial charge in [-0.2, -0.15) is 0 Å². The van der Waals surface area contributed by atoms with Crippen LogP contribution in [0.3, 0.4) is 0 Å². The predicted molar refractivity (Wildman–Crippen MR) is 108 cm³/mol. The second-order valence-corrected chi connectivity index (χ2v) is 8.06. The van der Waals surface area contributed by atoms with E-state index in [2.05, 4.69) is 29.4 Å². The van der Waals surface area contributed by atoms with E-state index < -0.39 is 0 Å². The van der Waals surface area contributed by atoms with E-state index in [9.17, 15) is 9.18 Å². The molecule has 5 rings (SSSR count). The van der Waals surface area contributed by atoms with Crippen molar-refractivity contribution < 1.29 is 13.6 Å². The van der Waals surface area contributed by atoms with Gasteiger partial charge in [0.1, 0.15) is 17.2 Å². The molecule has 1 spiro atoms. The van der Waals surface area contributed by atoms with Crippen molar-refractivity contribution in [2.24, 2.45) is 0 Å². The van der Waals surface area contributed by atoms with Crippen LogP contribution >= 0.6 is 0 Å². The molecule has 1 fully saturated rings. The van der Waals surface area contributed by atoms with Crippen LogP contribution in [0.1, 0.15) is 41.6 Å². The van der Waals surface area contributed by atoms with Gasteiger partial charge in [0.15, 0.2) is 0 Å². The van der Waals surface area contributed by atoms with Gasteiger partial charge in [0, 0.05) is 43.3 Å². The molecule has 1 amide bonds. The molecule has 2 aromatic carbocycles. The maximum atomic E-state index is 13.4. The highest BCUT2D eigenvalue weighted by Gasteiger charge is 2.47. The van der Waals surface area contributed by atoms with E-state index >= 15 is 0 Å². The van der Waals surface area contributed by atoms with E-state index in [0.29, 0.717) is 22.5 Å². The fraction of sp³-hybridized carbons (Fsp3) is 0.348. The van der Waals surface area contributed by atoms with Crippen LogP contribution < -0.4 is 10.2 Å². The minimum Gasteiger partial charge on any atom is -0.455 e. The van der Waals surface area contributed by atoms with Gasteiger partial charge in [-0.25, -0.2) is 4.39 Å². The summed E-state index contributed by atoms with van der Waals surface area (Å²) < 4.78 is 19.6. The van der Waals surface area contributed by atoms with Crippen molar-refractivity contribution in [3.05, 3.63) is 53.3 Å². The molecule has 1 aliphatic carbocycles. The molecule has 144 valence electrons. The summed E-state index contributed by atoms with van der Waals surface area (Å²) in [6.07, 6.45) is 4.78. The van der Waals surface area contributed by atoms with Crippen LogP contribution in [0.5, 0.6) is 0 Å². The molecular weight excluding hydrogens is 355 g/mol. The smallest absolute Gasteiger partial charge is 0.255 e. The minimum atomic E-state index is -0.314. The highest BCUT2D eigenvalue weighted by Crippen LogP contribution is 2.56. The Kier molecular flexibility index (Phi) is 3.76. The number of hydrogen-bond donors (Lipinski definition) is 1. The number of benzene rings is 2. The van der Waals surface area contributed by atoms with Gasteiger partial charge in [0.25, 0.3) is 5.91 Å². The molecule has 1 saturated carbocycles. The van der Waals surface area contributed by atoms with E-state index in [1.165, 1.54) is 49.1 Å². The van der Waals surface area contributed by atoms with Crippen molar-refractivity contribution in [1.82, 2.24) is 5.32 Å². The SMILES string of the molecule is CNC(=O)c1c(-c2ccc(F)cc2)oc2cc3c(cc12)C1(CCCN3C)CC1. The Balaban J connectivity index is 1.78. The predicted octanol–water partition coefficient (Wildman–Crippen LogP) is 4.86. The third kappa shape index (κ3) is 2.53. The van der Waals surface area contributed by atoms with Crippen LogP contribution in [0.15, 0.2) is 40.8 Å². The Labute approximate surface area is 163 Å². The van der Waals surface area contributed by atoms with Gasteiger partial charge in [-0.1, -0.05) is 0 Å². The van der Waals surface area contributed by atoms with E-state index in [1.54, 1.807) is 19.2 Å². The number of anilines is 1. The Morgan fingerprint density at radius 1 is 1.18 bits per heavy atom. The van der Waals surface area contributed by atoms with Gasteiger partial charge < -0.3 is 14.6 Å². The van der Waals surface area contributed by atoms with Crippen molar-refractivity contribution in [2.75, 3.05) is 25.5 Å². The van der Waals surface area contributed by atoms with E-state index in [1.807, 2.05) is 0 Å². The van der Waals surface area contributed by atoms with Crippen LogP contribution in [0.25, 0.3) is 22.3 Å². The fourth-order valence-electron chi connectivity index (χ4n) is 4.61. The first-order valence-corrected chi connectivity index (χ1v) is 9.83. The number of hydrogen-bond acceptors (Lipinski definition) is 3. The topological polar surface area (TPSA) is 45.5 Å². The van der Waals surface area contributed by atoms with Gasteiger partial charge in [-0.3, -0.25) is 4.79 Å². The Morgan fingerprint density at radius 3 is 2.61 bits per heavy atom. The number of amides is 1. The lowest BCUT2D eigenvalue weighted by Gasteiger charge is -2.21. The average Bonchev–Trinajstić information content (AvgIpc) is 3.41. The van der Waals surface area contributed by atoms with Gasteiger partial charge >= 0.3 is 0 Å². The summed E-state index contributed by atoms with van der Waals surface area (Å²) in [5.74, 6) is -0.0165. The number of halogens is 1. The normalized spacial score (nSPS) is 17.5. The molecule has 1 N–H and O–H groups in total. The first-order chi connectivity index (χ1) is 13.5. The Bertz CT molecular complexity index is 1080. The molecule has 28 heavy (non-hydrogen) atoms. The molecule has 0 atom stereocenters. The maximum absolute atomic E-state index is 13.4. The molecule has 0 bridgehead atoms. The van der Waals surface area contributed by atoms with Crippen LogP contribution in [0.4, 0.5) is 10.1 Å². The molecular formula is C23H23FN2O2. The van der Waals surface area contributed by atoms with Gasteiger partial charge in [0.2, 0.25) is 0 Å². The standard InChI is InChI=1S/C23H23FN2O2/c1-25-22(27)20-16-12-17-18(26(2)11-3-8-23(17)9-10-23)13-19(16)28-21(20)14-4-6-15(24)7-5-14/h4-7,12-13H,3,8-11H2,1-2H3,(H,25,27). The third-order valence-corrected chi connectivity index (χ3v) is 6.35. The number of fused-ring (bicyclic) bond motifs is 3. The molecule has 2 heterocycles. The number of nitrogens with one attached hydrogen (secondary N) is 1. The number of carbonyl (C=O) groups excluding carboxylic acids is 1. The van der Waals surface area contributed by atoms with Crippen LogP contribution in [-0.2, 0) is 5.41 Å². The molecule has 2 aliphatic rings. The summed E-state index contributed by atoms with van der Waals surface area (Å²) in [7, 11) is 3.74. The highest BCUT2D eigenvalue weighted by atomic mass is 19.1. The highest BCUT2D eigenvalue weighted by molar-refractivity contribution is 6.11. The molecule has 0 radical (unpaired) electrons. The van der Waals surface area contributed by atoms with Crippen LogP contribution in [0.2, 0.25) is 0 Å². The summed E-state index contributed by atoms with van der Waals surface area (Å²) in [6.45, 7) is 1.02. The zero-order valence-electron chi connectivity index (χ0n) is 16.1. The number of furan rings is 1. The molecule has 3 aromatic rings. The minimum absolute atomic E-state index is 0.190. The van der Waals surface area contributed by atoms with Crippen molar-refractivity contribution in [1.29, 1.82) is 0 Å². The quantitative estimate of drug-likeness (QED) is 0.693. The monoisotopic (exact) mass is 378 g/mol. The van der Waals surface area contributed by atoms with E-state index in [4.69, 9.17) is 4.42 Å². The average molecular weight is 378 g/mol. The first kappa shape index (κ1) is 17.3. The Morgan fingerprint density at radius 2 is 1.93 bits per heavy atom. The van der Waals surface area contributed by atoms with E-state index in [0.717, 1.165) is 11.9 Å². The van der Waals surface area contributed by atoms with Crippen LogP contribution in [0, 0.1) is 5.82 Å². The number of nitrogens with zero attached hydrogens (tertiary/aromatic N) is 1. The first-order valence-electron chi connectivity index (χ1n) is 9.83. The van der Waals surface area contributed by atoms with Crippen LogP contribution in [-0.4, -0.2) is 26.5 Å². The van der Waals surface area contributed by atoms with Crippen molar-refractivity contribution in [2.45, 2.75) is 31.1 Å². The lowest BCUT2D eigenvalue weighted by molar-refractivity contribution is 0.0964. The largest absolute Gasteiger partial charge is 0.455 e. The molecule has 0 saturated heterocycles. The van der Waals surface area contributed by atoms with Gasteiger partial charge in [0.05, 0.1) is 5.56 Å². The van der Waals surface area contributed by atoms with Gasteiger partial charge in [-0.15, -0.1) is 0 Å². The van der Waals surface area contributed by atoms with E-state index in [-0.39, 0.29) is 17.1 Å². The summed E-state index contributed by atoms with van der Waals surface area (Å²) in [5, 5.41) is 3.57. The zero-order chi connectivity index (χ0) is 19.5. The van der Waals surface area contributed by atoms with Crippen molar-refractivity contribution in [3.8, 4) is 11.3 Å². The summed E-state index contributed by atoms with van der Waals surface area (Å²) >= 11 is 0. The van der Waals surface area contributed by atoms with Crippen molar-refractivity contribution in [3.63, 3.8) is 0 Å². The molecule has 1 aromatic heterocycles. The molecule has 5 heteroatoms. The second-order valence-electron chi connectivity index (χ2n) is 8.06. The van der Waals surface area contributed by atoms with Gasteiger partial charge in [-0.05, 0) is 67.0 Å². The maximum Gasteiger partial charge on any atom is 0.255 e. The molecule has 0 unspecified atom stereocenters. The number of carbonyl (C=O) groups is 1. The summed E-state index contributed by atoms with van der Waals surface area (Å²) in [4.78, 5) is 15.1. The lowest BCUT2D eigenvalue weighted by Crippen LogP contribution is -2.19. The number of rotatable bonds is 2.